The number of nitrogens with zero attached hydrogens (tertiary/aromatic N) is 1. The minimum atomic E-state index is -1.25. The summed E-state index contributed by atoms with van der Waals surface area (Å²) >= 11 is 0. The van der Waals surface area contributed by atoms with Crippen LogP contribution in [0.5, 0.6) is 0 Å². The normalized spacial score (nSPS) is 20.4. The number of benzene rings is 1. The number of rotatable bonds is 2. The van der Waals surface area contributed by atoms with Crippen molar-refractivity contribution in [2.45, 2.75) is 13.0 Å². The van der Waals surface area contributed by atoms with Gasteiger partial charge in [-0.1, -0.05) is 0 Å². The van der Waals surface area contributed by atoms with Gasteiger partial charge in [0.15, 0.2) is 0 Å². The predicted molar refractivity (Wildman–Crippen MR) is 61.0 cm³/mol. The van der Waals surface area contributed by atoms with Gasteiger partial charge in [-0.25, -0.2) is 9.18 Å². The zero-order chi connectivity index (χ0) is 12.4. The SMILES string of the molecule is CC1CN(c2ccc(C(=O)O)c(F)c2)CCO1. The van der Waals surface area contributed by atoms with Gasteiger partial charge < -0.3 is 14.7 Å². The van der Waals surface area contributed by atoms with Crippen LogP contribution in [0.15, 0.2) is 18.2 Å². The lowest BCUT2D eigenvalue weighted by Gasteiger charge is -2.33. The minimum Gasteiger partial charge on any atom is -0.478 e. The van der Waals surface area contributed by atoms with Crippen molar-refractivity contribution in [1.29, 1.82) is 0 Å². The van der Waals surface area contributed by atoms with E-state index in [9.17, 15) is 9.18 Å². The largest absolute Gasteiger partial charge is 0.478 e. The standard InChI is InChI=1S/C12H14FNO3/c1-8-7-14(4-5-17-8)9-2-3-10(12(15)16)11(13)6-9/h2-3,6,8H,4-5,7H2,1H3,(H,15,16). The molecule has 1 aliphatic heterocycles. The van der Waals surface area contributed by atoms with Crippen LogP contribution in [0.1, 0.15) is 17.3 Å². The van der Waals surface area contributed by atoms with Crippen LogP contribution < -0.4 is 4.90 Å². The summed E-state index contributed by atoms with van der Waals surface area (Å²) in [7, 11) is 0. The van der Waals surface area contributed by atoms with Crippen molar-refractivity contribution in [3.63, 3.8) is 0 Å². The van der Waals surface area contributed by atoms with Gasteiger partial charge in [0, 0.05) is 18.8 Å². The smallest absolute Gasteiger partial charge is 0.338 e. The molecule has 1 saturated heterocycles. The molecule has 1 aromatic carbocycles. The van der Waals surface area contributed by atoms with E-state index < -0.39 is 11.8 Å². The van der Waals surface area contributed by atoms with E-state index in [2.05, 4.69) is 0 Å². The second kappa shape index (κ2) is 4.71. The fraction of sp³-hybridized carbons (Fsp3) is 0.417. The Morgan fingerprint density at radius 1 is 1.59 bits per heavy atom. The van der Waals surface area contributed by atoms with Gasteiger partial charge in [-0.2, -0.15) is 0 Å². The summed E-state index contributed by atoms with van der Waals surface area (Å²) in [4.78, 5) is 12.7. The highest BCUT2D eigenvalue weighted by molar-refractivity contribution is 5.88. The maximum atomic E-state index is 13.5. The number of halogens is 1. The van der Waals surface area contributed by atoms with E-state index in [1.807, 2.05) is 11.8 Å². The van der Waals surface area contributed by atoms with E-state index in [0.717, 1.165) is 0 Å². The Morgan fingerprint density at radius 3 is 2.94 bits per heavy atom. The number of morpholine rings is 1. The van der Waals surface area contributed by atoms with Crippen LogP contribution in [0.25, 0.3) is 0 Å². The van der Waals surface area contributed by atoms with Crippen LogP contribution in [0.4, 0.5) is 10.1 Å². The molecule has 0 aromatic heterocycles. The highest BCUT2D eigenvalue weighted by Gasteiger charge is 2.19. The van der Waals surface area contributed by atoms with Crippen LogP contribution in [0.2, 0.25) is 0 Å². The molecule has 0 amide bonds. The van der Waals surface area contributed by atoms with Gasteiger partial charge in [-0.3, -0.25) is 0 Å². The first kappa shape index (κ1) is 11.9. The van der Waals surface area contributed by atoms with E-state index in [4.69, 9.17) is 9.84 Å². The Kier molecular flexibility index (Phi) is 3.28. The number of aromatic carboxylic acids is 1. The van der Waals surface area contributed by atoms with Gasteiger partial charge in [-0.05, 0) is 25.1 Å². The van der Waals surface area contributed by atoms with E-state index >= 15 is 0 Å². The molecule has 1 aliphatic rings. The van der Waals surface area contributed by atoms with Gasteiger partial charge in [0.25, 0.3) is 0 Å². The Labute approximate surface area is 98.6 Å². The summed E-state index contributed by atoms with van der Waals surface area (Å²) in [6.45, 7) is 3.93. The summed E-state index contributed by atoms with van der Waals surface area (Å²) in [6.07, 6.45) is 0.103. The molecular formula is C12H14FNO3. The highest BCUT2D eigenvalue weighted by atomic mass is 19.1. The molecule has 1 atom stereocenters. The zero-order valence-corrected chi connectivity index (χ0v) is 9.52. The molecule has 4 nitrogen and oxygen atoms in total. The molecule has 0 saturated carbocycles. The first-order chi connectivity index (χ1) is 8.08. The van der Waals surface area contributed by atoms with Gasteiger partial charge in [0.1, 0.15) is 5.82 Å². The number of hydrogen-bond acceptors (Lipinski definition) is 3. The number of ether oxygens (including phenoxy) is 1. The summed E-state index contributed by atoms with van der Waals surface area (Å²) in [6, 6.07) is 4.19. The van der Waals surface area contributed by atoms with Crippen molar-refractivity contribution in [2.24, 2.45) is 0 Å². The molecule has 1 unspecified atom stereocenters. The monoisotopic (exact) mass is 239 g/mol. The van der Waals surface area contributed by atoms with Crippen molar-refractivity contribution in [3.05, 3.63) is 29.6 Å². The van der Waals surface area contributed by atoms with Crippen LogP contribution in [-0.4, -0.2) is 36.9 Å². The quantitative estimate of drug-likeness (QED) is 0.854. The average molecular weight is 239 g/mol. The molecule has 5 heteroatoms. The zero-order valence-electron chi connectivity index (χ0n) is 9.52. The summed E-state index contributed by atoms with van der Waals surface area (Å²) in [5, 5.41) is 8.74. The molecule has 1 aromatic rings. The first-order valence-corrected chi connectivity index (χ1v) is 5.47. The number of carbonyl (C=O) groups is 1. The molecular weight excluding hydrogens is 225 g/mol. The van der Waals surface area contributed by atoms with Crippen LogP contribution in [0, 0.1) is 5.82 Å². The predicted octanol–water partition coefficient (Wildman–Crippen LogP) is 1.75. The van der Waals surface area contributed by atoms with E-state index in [-0.39, 0.29) is 11.7 Å². The van der Waals surface area contributed by atoms with E-state index in [0.29, 0.717) is 25.4 Å². The van der Waals surface area contributed by atoms with Crippen LogP contribution >= 0.6 is 0 Å². The average Bonchev–Trinajstić information content (AvgIpc) is 2.28. The van der Waals surface area contributed by atoms with Gasteiger partial charge in [0.2, 0.25) is 0 Å². The maximum absolute atomic E-state index is 13.5. The van der Waals surface area contributed by atoms with Crippen molar-refractivity contribution >= 4 is 11.7 Å². The Bertz CT molecular complexity index is 436. The maximum Gasteiger partial charge on any atom is 0.338 e. The number of carboxylic acids is 1. The second-order valence-corrected chi connectivity index (χ2v) is 4.10. The summed E-state index contributed by atoms with van der Waals surface area (Å²) in [5.41, 5.74) is 0.401. The highest BCUT2D eigenvalue weighted by Crippen LogP contribution is 2.21. The van der Waals surface area contributed by atoms with Crippen molar-refractivity contribution in [2.75, 3.05) is 24.6 Å². The molecule has 0 aliphatic carbocycles. The third-order valence-corrected chi connectivity index (χ3v) is 2.79. The van der Waals surface area contributed by atoms with E-state index in [1.165, 1.54) is 12.1 Å². The fourth-order valence-corrected chi connectivity index (χ4v) is 1.93. The van der Waals surface area contributed by atoms with Gasteiger partial charge >= 0.3 is 5.97 Å². The lowest BCUT2D eigenvalue weighted by Crippen LogP contribution is -2.41. The topological polar surface area (TPSA) is 49.8 Å². The third-order valence-electron chi connectivity index (χ3n) is 2.79. The Morgan fingerprint density at radius 2 is 2.35 bits per heavy atom. The molecule has 1 fully saturated rings. The van der Waals surface area contributed by atoms with Crippen molar-refractivity contribution in [3.8, 4) is 0 Å². The molecule has 92 valence electrons. The minimum absolute atomic E-state index is 0.103. The number of carboxylic acid groups (broad SMARTS) is 1. The molecule has 1 heterocycles. The Balaban J connectivity index is 2.22. The lowest BCUT2D eigenvalue weighted by atomic mass is 10.1. The van der Waals surface area contributed by atoms with Crippen LogP contribution in [-0.2, 0) is 4.74 Å². The summed E-state index contributed by atoms with van der Waals surface area (Å²) in [5.74, 6) is -1.95. The lowest BCUT2D eigenvalue weighted by molar-refractivity contribution is 0.0531. The van der Waals surface area contributed by atoms with Crippen molar-refractivity contribution in [1.82, 2.24) is 0 Å². The molecule has 0 spiro atoms. The Hall–Kier alpha value is -1.62. The van der Waals surface area contributed by atoms with Gasteiger partial charge in [-0.15, -0.1) is 0 Å². The second-order valence-electron chi connectivity index (χ2n) is 4.10. The number of hydrogen-bond donors (Lipinski definition) is 1. The number of anilines is 1. The fourth-order valence-electron chi connectivity index (χ4n) is 1.93. The molecule has 0 bridgehead atoms. The first-order valence-electron chi connectivity index (χ1n) is 5.47. The third kappa shape index (κ3) is 2.55. The molecule has 0 radical (unpaired) electrons. The molecule has 17 heavy (non-hydrogen) atoms. The van der Waals surface area contributed by atoms with Gasteiger partial charge in [0.05, 0.1) is 18.3 Å². The van der Waals surface area contributed by atoms with E-state index in [1.54, 1.807) is 6.07 Å². The molecule has 1 N–H and O–H groups in total. The van der Waals surface area contributed by atoms with Crippen LogP contribution in [0.3, 0.4) is 0 Å². The van der Waals surface area contributed by atoms with Crippen molar-refractivity contribution < 1.29 is 19.0 Å². The summed E-state index contributed by atoms with van der Waals surface area (Å²) < 4.78 is 18.9. The molecule has 2 rings (SSSR count).